The molecular formula is C25H25NO3S. The van der Waals surface area contributed by atoms with Crippen LogP contribution >= 0.6 is 11.8 Å². The number of carbonyl (C=O) groups is 2. The number of aryl methyl sites for hydroxylation is 2. The normalized spacial score (nSPS) is 12.2. The summed E-state index contributed by atoms with van der Waals surface area (Å²) in [5, 5.41) is 8.57. The third-order valence-corrected chi connectivity index (χ3v) is 5.79. The lowest BCUT2D eigenvalue weighted by Crippen LogP contribution is -2.10. The standard InChI is InChI=1S/C25H25NO3S/c1-18-9-11-21(12-10-18)24(27)22-13-15-26(17-22)14-4-3-6-20-7-5-8-23(16-20)30-19(2)25(28)29/h3,5-13,15-17,19H,4,14H2,1-2H3,(H,28,29)/b6-3+. The van der Waals surface area contributed by atoms with Crippen LogP contribution in [0.3, 0.4) is 0 Å². The summed E-state index contributed by atoms with van der Waals surface area (Å²) < 4.78 is 2.02. The number of allylic oxidation sites excluding steroid dienone is 1. The van der Waals surface area contributed by atoms with E-state index in [2.05, 4.69) is 6.08 Å². The third kappa shape index (κ3) is 5.97. The quantitative estimate of drug-likeness (QED) is 0.357. The SMILES string of the molecule is Cc1ccc(C(=O)c2ccn(CC/C=C/c3cccc(SC(C)C(=O)O)c3)c2)cc1. The van der Waals surface area contributed by atoms with E-state index < -0.39 is 11.2 Å². The van der Waals surface area contributed by atoms with Gasteiger partial charge in [-0.05, 0) is 44.0 Å². The van der Waals surface area contributed by atoms with E-state index in [1.165, 1.54) is 11.8 Å². The number of ketones is 1. The topological polar surface area (TPSA) is 59.3 Å². The summed E-state index contributed by atoms with van der Waals surface area (Å²) in [5.41, 5.74) is 3.57. The van der Waals surface area contributed by atoms with Crippen LogP contribution in [0.2, 0.25) is 0 Å². The minimum atomic E-state index is -0.812. The molecule has 154 valence electrons. The van der Waals surface area contributed by atoms with Crippen LogP contribution in [0.15, 0.2) is 78.0 Å². The molecule has 3 aromatic rings. The summed E-state index contributed by atoms with van der Waals surface area (Å²) in [6, 6.07) is 17.3. The molecule has 0 aliphatic heterocycles. The van der Waals surface area contributed by atoms with Gasteiger partial charge in [-0.1, -0.05) is 54.1 Å². The van der Waals surface area contributed by atoms with Crippen molar-refractivity contribution in [2.75, 3.05) is 0 Å². The van der Waals surface area contributed by atoms with Gasteiger partial charge in [0.15, 0.2) is 5.78 Å². The Bertz CT molecular complexity index is 1050. The molecule has 0 radical (unpaired) electrons. The second kappa shape index (κ2) is 10.1. The van der Waals surface area contributed by atoms with Crippen molar-refractivity contribution < 1.29 is 14.7 Å². The number of hydrogen-bond donors (Lipinski definition) is 1. The Kier molecular flexibility index (Phi) is 7.31. The fourth-order valence-electron chi connectivity index (χ4n) is 2.97. The molecule has 0 saturated heterocycles. The number of rotatable bonds is 9. The maximum Gasteiger partial charge on any atom is 0.316 e. The molecule has 0 saturated carbocycles. The van der Waals surface area contributed by atoms with Gasteiger partial charge >= 0.3 is 5.97 Å². The number of nitrogens with zero attached hydrogens (tertiary/aromatic N) is 1. The first kappa shape index (κ1) is 21.7. The summed E-state index contributed by atoms with van der Waals surface area (Å²) in [6.07, 6.45) is 8.78. The molecular weight excluding hydrogens is 394 g/mol. The molecule has 0 aliphatic rings. The zero-order chi connectivity index (χ0) is 21.5. The zero-order valence-electron chi connectivity index (χ0n) is 17.1. The lowest BCUT2D eigenvalue weighted by Gasteiger charge is -2.06. The van der Waals surface area contributed by atoms with E-state index >= 15 is 0 Å². The van der Waals surface area contributed by atoms with Crippen LogP contribution in [0, 0.1) is 6.92 Å². The first-order valence-corrected chi connectivity index (χ1v) is 10.7. The molecule has 1 heterocycles. The van der Waals surface area contributed by atoms with Crippen molar-refractivity contribution in [3.63, 3.8) is 0 Å². The Hall–Kier alpha value is -3.05. The van der Waals surface area contributed by atoms with E-state index in [-0.39, 0.29) is 5.78 Å². The van der Waals surface area contributed by atoms with E-state index in [0.29, 0.717) is 11.1 Å². The molecule has 1 aromatic heterocycles. The summed E-state index contributed by atoms with van der Waals surface area (Å²) in [6.45, 7) is 4.47. The predicted octanol–water partition coefficient (Wildman–Crippen LogP) is 5.70. The summed E-state index contributed by atoms with van der Waals surface area (Å²) in [5.74, 6) is -0.776. The summed E-state index contributed by atoms with van der Waals surface area (Å²) in [4.78, 5) is 24.5. The van der Waals surface area contributed by atoms with Gasteiger partial charge in [0.05, 0.1) is 0 Å². The number of benzene rings is 2. The van der Waals surface area contributed by atoms with Crippen molar-refractivity contribution in [2.45, 2.75) is 37.0 Å². The van der Waals surface area contributed by atoms with Crippen LogP contribution in [0.1, 0.15) is 40.4 Å². The maximum atomic E-state index is 12.6. The van der Waals surface area contributed by atoms with E-state index in [1.807, 2.05) is 84.6 Å². The minimum absolute atomic E-state index is 0.0363. The number of carboxylic acid groups (broad SMARTS) is 1. The van der Waals surface area contributed by atoms with E-state index in [0.717, 1.165) is 29.0 Å². The van der Waals surface area contributed by atoms with Crippen molar-refractivity contribution in [1.82, 2.24) is 4.57 Å². The van der Waals surface area contributed by atoms with Gasteiger partial charge in [-0.2, -0.15) is 0 Å². The first-order chi connectivity index (χ1) is 14.4. The van der Waals surface area contributed by atoms with Crippen molar-refractivity contribution in [3.8, 4) is 0 Å². The highest BCUT2D eigenvalue weighted by Gasteiger charge is 2.12. The first-order valence-electron chi connectivity index (χ1n) is 9.85. The van der Waals surface area contributed by atoms with E-state index in [1.54, 1.807) is 6.92 Å². The number of hydrogen-bond acceptors (Lipinski definition) is 3. The zero-order valence-corrected chi connectivity index (χ0v) is 17.9. The highest BCUT2D eigenvalue weighted by atomic mass is 32.2. The van der Waals surface area contributed by atoms with Crippen LogP contribution < -0.4 is 0 Å². The molecule has 2 aromatic carbocycles. The predicted molar refractivity (Wildman–Crippen MR) is 122 cm³/mol. The van der Waals surface area contributed by atoms with Gasteiger partial charge in [-0.25, -0.2) is 0 Å². The molecule has 0 aliphatic carbocycles. The fourth-order valence-corrected chi connectivity index (χ4v) is 3.85. The van der Waals surface area contributed by atoms with Crippen LogP contribution in [-0.2, 0) is 11.3 Å². The van der Waals surface area contributed by atoms with Crippen molar-refractivity contribution >= 4 is 29.6 Å². The lowest BCUT2D eigenvalue weighted by molar-refractivity contribution is -0.136. The van der Waals surface area contributed by atoms with E-state index in [4.69, 9.17) is 5.11 Å². The van der Waals surface area contributed by atoms with Gasteiger partial charge in [0.25, 0.3) is 0 Å². The Balaban J connectivity index is 1.54. The molecule has 1 atom stereocenters. The Morgan fingerprint density at radius 1 is 1.10 bits per heavy atom. The van der Waals surface area contributed by atoms with Crippen molar-refractivity contribution in [2.24, 2.45) is 0 Å². The van der Waals surface area contributed by atoms with Gasteiger partial charge in [0, 0.05) is 35.0 Å². The molecule has 0 spiro atoms. The summed E-state index contributed by atoms with van der Waals surface area (Å²) in [7, 11) is 0. The number of aliphatic carboxylic acids is 1. The van der Waals surface area contributed by atoms with Gasteiger partial charge in [-0.15, -0.1) is 11.8 Å². The molecule has 0 fully saturated rings. The Labute approximate surface area is 181 Å². The second-order valence-corrected chi connectivity index (χ2v) is 8.61. The average molecular weight is 420 g/mol. The average Bonchev–Trinajstić information content (AvgIpc) is 3.20. The molecule has 0 amide bonds. The van der Waals surface area contributed by atoms with E-state index in [9.17, 15) is 9.59 Å². The molecule has 30 heavy (non-hydrogen) atoms. The monoisotopic (exact) mass is 419 g/mol. The highest BCUT2D eigenvalue weighted by Crippen LogP contribution is 2.24. The van der Waals surface area contributed by atoms with Crippen LogP contribution in [0.4, 0.5) is 0 Å². The van der Waals surface area contributed by atoms with Gasteiger partial charge in [0.2, 0.25) is 0 Å². The van der Waals surface area contributed by atoms with Gasteiger partial charge in [0.1, 0.15) is 5.25 Å². The van der Waals surface area contributed by atoms with Crippen LogP contribution in [0.5, 0.6) is 0 Å². The molecule has 4 nitrogen and oxygen atoms in total. The van der Waals surface area contributed by atoms with Crippen LogP contribution in [-0.4, -0.2) is 26.7 Å². The number of thioether (sulfide) groups is 1. The molecule has 3 rings (SSSR count). The summed E-state index contributed by atoms with van der Waals surface area (Å²) >= 11 is 1.34. The smallest absolute Gasteiger partial charge is 0.316 e. The second-order valence-electron chi connectivity index (χ2n) is 7.20. The molecule has 5 heteroatoms. The number of carboxylic acids is 1. The fraction of sp³-hybridized carbons (Fsp3) is 0.200. The lowest BCUT2D eigenvalue weighted by atomic mass is 10.0. The molecule has 1 unspecified atom stereocenters. The largest absolute Gasteiger partial charge is 0.480 e. The third-order valence-electron chi connectivity index (χ3n) is 4.71. The van der Waals surface area contributed by atoms with Crippen molar-refractivity contribution in [3.05, 3.63) is 95.3 Å². The Morgan fingerprint density at radius 3 is 2.60 bits per heavy atom. The highest BCUT2D eigenvalue weighted by molar-refractivity contribution is 8.00. The Morgan fingerprint density at radius 2 is 1.87 bits per heavy atom. The van der Waals surface area contributed by atoms with Crippen LogP contribution in [0.25, 0.3) is 6.08 Å². The number of aromatic nitrogens is 1. The molecule has 1 N–H and O–H groups in total. The maximum absolute atomic E-state index is 12.6. The molecule has 0 bridgehead atoms. The van der Waals surface area contributed by atoms with Crippen molar-refractivity contribution in [1.29, 1.82) is 0 Å². The minimum Gasteiger partial charge on any atom is -0.480 e. The van der Waals surface area contributed by atoms with Gasteiger partial charge < -0.3 is 9.67 Å². The van der Waals surface area contributed by atoms with Gasteiger partial charge in [-0.3, -0.25) is 9.59 Å². The number of carbonyl (C=O) groups excluding carboxylic acids is 1.